The van der Waals surface area contributed by atoms with Gasteiger partial charge >= 0.3 is 0 Å². The minimum atomic E-state index is 0.203. The van der Waals surface area contributed by atoms with Gasteiger partial charge in [0.2, 0.25) is 5.91 Å². The highest BCUT2D eigenvalue weighted by Gasteiger charge is 2.22. The predicted molar refractivity (Wildman–Crippen MR) is 74.8 cm³/mol. The number of likely N-dealkylation sites (N-methyl/N-ethyl adjacent to an activating group) is 2. The van der Waals surface area contributed by atoms with Crippen LogP contribution in [-0.4, -0.2) is 58.5 Å². The van der Waals surface area contributed by atoms with Crippen LogP contribution >= 0.6 is 0 Å². The zero-order valence-corrected chi connectivity index (χ0v) is 12.0. The van der Waals surface area contributed by atoms with Gasteiger partial charge in [0.05, 0.1) is 12.9 Å². The molecule has 0 bridgehead atoms. The van der Waals surface area contributed by atoms with Gasteiger partial charge in [-0.3, -0.25) is 9.69 Å². The van der Waals surface area contributed by atoms with Gasteiger partial charge in [0.15, 0.2) is 0 Å². The normalized spacial score (nSPS) is 16.2. The molecule has 1 aliphatic carbocycles. The third-order valence-corrected chi connectivity index (χ3v) is 4.01. The molecule has 0 atom stereocenters. The maximum absolute atomic E-state index is 12.1. The third kappa shape index (κ3) is 4.06. The lowest BCUT2D eigenvalue weighted by molar-refractivity contribution is -0.131. The quantitative estimate of drug-likeness (QED) is 0.775. The first-order chi connectivity index (χ1) is 9.16. The largest absolute Gasteiger partial charge is 0.343 e. The average molecular weight is 264 g/mol. The fourth-order valence-corrected chi connectivity index (χ4v) is 2.62. The Balaban J connectivity index is 1.72. The number of carbonyl (C=O) groups is 1. The molecule has 1 aromatic rings. The highest BCUT2D eigenvalue weighted by molar-refractivity contribution is 5.77. The van der Waals surface area contributed by atoms with Gasteiger partial charge in [-0.2, -0.15) is 0 Å². The molecule has 5 nitrogen and oxygen atoms in total. The Hall–Kier alpha value is -1.36. The van der Waals surface area contributed by atoms with Crippen molar-refractivity contribution in [3.8, 4) is 0 Å². The number of rotatable bonds is 6. The van der Waals surface area contributed by atoms with Crippen LogP contribution in [0.3, 0.4) is 0 Å². The van der Waals surface area contributed by atoms with Crippen molar-refractivity contribution in [2.45, 2.75) is 38.3 Å². The third-order valence-electron chi connectivity index (χ3n) is 4.01. The molecule has 0 saturated heterocycles. The minimum absolute atomic E-state index is 0.203. The van der Waals surface area contributed by atoms with E-state index in [-0.39, 0.29) is 5.91 Å². The highest BCUT2D eigenvalue weighted by atomic mass is 16.2. The van der Waals surface area contributed by atoms with Crippen LogP contribution in [-0.2, 0) is 11.3 Å². The molecule has 106 valence electrons. The van der Waals surface area contributed by atoms with Crippen LogP contribution in [0.4, 0.5) is 0 Å². The molecule has 0 radical (unpaired) electrons. The summed E-state index contributed by atoms with van der Waals surface area (Å²) >= 11 is 0. The first-order valence-corrected chi connectivity index (χ1v) is 7.07. The van der Waals surface area contributed by atoms with E-state index >= 15 is 0 Å². The lowest BCUT2D eigenvalue weighted by atomic mass is 10.2. The highest BCUT2D eigenvalue weighted by Crippen LogP contribution is 2.22. The van der Waals surface area contributed by atoms with Crippen molar-refractivity contribution in [1.29, 1.82) is 0 Å². The predicted octanol–water partition coefficient (Wildman–Crippen LogP) is 1.22. The molecule has 0 aliphatic heterocycles. The summed E-state index contributed by atoms with van der Waals surface area (Å²) in [7, 11) is 3.94. The van der Waals surface area contributed by atoms with Crippen LogP contribution in [0.2, 0.25) is 0 Å². The monoisotopic (exact) mass is 264 g/mol. The number of aromatic nitrogens is 2. The molecule has 0 aromatic carbocycles. The Bertz CT molecular complexity index is 384. The summed E-state index contributed by atoms with van der Waals surface area (Å²) in [6, 6.07) is 0.603. The van der Waals surface area contributed by atoms with Gasteiger partial charge in [-0.05, 0) is 19.9 Å². The number of amides is 1. The van der Waals surface area contributed by atoms with Crippen LogP contribution in [0.5, 0.6) is 0 Å². The number of hydrogen-bond donors (Lipinski definition) is 0. The smallest absolute Gasteiger partial charge is 0.236 e. The topological polar surface area (TPSA) is 41.4 Å². The van der Waals surface area contributed by atoms with Crippen LogP contribution < -0.4 is 0 Å². The number of carbonyl (C=O) groups excluding carboxylic acids is 1. The average Bonchev–Trinajstić information content (AvgIpc) is 3.08. The fraction of sp³-hybridized carbons (Fsp3) is 0.714. The second kappa shape index (κ2) is 6.70. The summed E-state index contributed by atoms with van der Waals surface area (Å²) in [5.74, 6) is 0.203. The van der Waals surface area contributed by atoms with Gasteiger partial charge in [0.1, 0.15) is 0 Å². The van der Waals surface area contributed by atoms with Gasteiger partial charge in [-0.25, -0.2) is 4.98 Å². The van der Waals surface area contributed by atoms with Gasteiger partial charge in [-0.15, -0.1) is 0 Å². The fourth-order valence-electron chi connectivity index (χ4n) is 2.62. The van der Waals surface area contributed by atoms with Crippen molar-refractivity contribution in [1.82, 2.24) is 19.4 Å². The Morgan fingerprint density at radius 1 is 1.37 bits per heavy atom. The first-order valence-electron chi connectivity index (χ1n) is 7.07. The van der Waals surface area contributed by atoms with E-state index in [4.69, 9.17) is 0 Å². The molecular weight excluding hydrogens is 240 g/mol. The van der Waals surface area contributed by atoms with Crippen molar-refractivity contribution in [2.75, 3.05) is 27.2 Å². The van der Waals surface area contributed by atoms with E-state index in [1.807, 2.05) is 22.7 Å². The van der Waals surface area contributed by atoms with Crippen molar-refractivity contribution >= 4 is 5.91 Å². The van der Waals surface area contributed by atoms with Crippen molar-refractivity contribution < 1.29 is 4.79 Å². The van der Waals surface area contributed by atoms with E-state index in [1.54, 1.807) is 12.5 Å². The van der Waals surface area contributed by atoms with E-state index in [0.717, 1.165) is 13.1 Å². The molecule has 1 aliphatic rings. The van der Waals surface area contributed by atoms with Gasteiger partial charge < -0.3 is 9.47 Å². The van der Waals surface area contributed by atoms with Crippen LogP contribution in [0, 0.1) is 0 Å². The molecule has 0 N–H and O–H groups in total. The molecule has 2 rings (SSSR count). The second-order valence-corrected chi connectivity index (χ2v) is 5.47. The van der Waals surface area contributed by atoms with Crippen LogP contribution in [0.25, 0.3) is 0 Å². The lowest BCUT2D eigenvalue weighted by Gasteiger charge is -2.26. The summed E-state index contributed by atoms with van der Waals surface area (Å²) in [5.41, 5.74) is 0. The molecule has 1 heterocycles. The molecule has 5 heteroatoms. The molecule has 1 saturated carbocycles. The molecule has 19 heavy (non-hydrogen) atoms. The van der Waals surface area contributed by atoms with Gasteiger partial charge in [0.25, 0.3) is 0 Å². The van der Waals surface area contributed by atoms with E-state index in [0.29, 0.717) is 12.6 Å². The van der Waals surface area contributed by atoms with Crippen molar-refractivity contribution in [3.63, 3.8) is 0 Å². The first kappa shape index (κ1) is 14.1. The molecule has 0 spiro atoms. The zero-order valence-electron chi connectivity index (χ0n) is 12.0. The molecule has 1 fully saturated rings. The number of imidazole rings is 1. The maximum Gasteiger partial charge on any atom is 0.236 e. The minimum Gasteiger partial charge on any atom is -0.343 e. The maximum atomic E-state index is 12.1. The standard InChI is InChI=1S/C14H24N4O/c1-16(9-10-18-8-7-15-12-18)14(19)11-17(2)13-5-3-4-6-13/h7-8,12-13H,3-6,9-11H2,1-2H3. The Labute approximate surface area is 115 Å². The molecular formula is C14H24N4O. The van der Waals surface area contributed by atoms with Crippen LogP contribution in [0.15, 0.2) is 18.7 Å². The van der Waals surface area contributed by atoms with Crippen molar-refractivity contribution in [2.24, 2.45) is 0 Å². The van der Waals surface area contributed by atoms with Crippen molar-refractivity contribution in [3.05, 3.63) is 18.7 Å². The summed E-state index contributed by atoms with van der Waals surface area (Å²) in [4.78, 5) is 20.1. The summed E-state index contributed by atoms with van der Waals surface area (Å²) in [6.45, 7) is 2.06. The summed E-state index contributed by atoms with van der Waals surface area (Å²) < 4.78 is 1.99. The van der Waals surface area contributed by atoms with E-state index in [9.17, 15) is 4.79 Å². The second-order valence-electron chi connectivity index (χ2n) is 5.47. The van der Waals surface area contributed by atoms with Gasteiger partial charge in [-0.1, -0.05) is 12.8 Å². The van der Waals surface area contributed by atoms with E-state index < -0.39 is 0 Å². The zero-order chi connectivity index (χ0) is 13.7. The SMILES string of the molecule is CN(CCn1ccnc1)C(=O)CN(C)C1CCCC1. The van der Waals surface area contributed by atoms with E-state index in [1.165, 1.54) is 25.7 Å². The van der Waals surface area contributed by atoms with Crippen LogP contribution in [0.1, 0.15) is 25.7 Å². The number of hydrogen-bond acceptors (Lipinski definition) is 3. The number of nitrogens with zero attached hydrogens (tertiary/aromatic N) is 4. The Morgan fingerprint density at radius 3 is 2.74 bits per heavy atom. The van der Waals surface area contributed by atoms with Gasteiger partial charge in [0, 0.05) is 38.6 Å². The molecule has 1 aromatic heterocycles. The summed E-state index contributed by atoms with van der Waals surface area (Å²) in [5, 5.41) is 0. The Kier molecular flexibility index (Phi) is 4.96. The Morgan fingerprint density at radius 2 is 2.11 bits per heavy atom. The molecule has 1 amide bonds. The molecule has 0 unspecified atom stereocenters. The lowest BCUT2D eigenvalue weighted by Crippen LogP contribution is -2.41. The summed E-state index contributed by atoms with van der Waals surface area (Å²) in [6.07, 6.45) is 10.5. The van der Waals surface area contributed by atoms with E-state index in [2.05, 4.69) is 16.9 Å².